The van der Waals surface area contributed by atoms with E-state index in [-0.39, 0.29) is 0 Å². The molecule has 0 atom stereocenters. The largest absolute Gasteiger partial charge is 0.359 e. The van der Waals surface area contributed by atoms with Gasteiger partial charge in [-0.1, -0.05) is 17.7 Å². The first-order valence-corrected chi connectivity index (χ1v) is 6.59. The van der Waals surface area contributed by atoms with Gasteiger partial charge in [-0.25, -0.2) is 0 Å². The summed E-state index contributed by atoms with van der Waals surface area (Å²) >= 11 is 6.01. The van der Waals surface area contributed by atoms with Crippen molar-refractivity contribution in [2.75, 3.05) is 18.5 Å². The lowest BCUT2D eigenvalue weighted by Crippen LogP contribution is -2.23. The highest BCUT2D eigenvalue weighted by Crippen LogP contribution is 2.17. The average molecular weight is 289 g/mol. The minimum atomic E-state index is 0.408. The summed E-state index contributed by atoms with van der Waals surface area (Å²) in [6.07, 6.45) is 4.11. The number of rotatable bonds is 4. The molecule has 0 aliphatic heterocycles. The zero-order valence-electron chi connectivity index (χ0n) is 10.9. The Morgan fingerprint density at radius 2 is 2.20 bits per heavy atom. The molecule has 0 spiro atoms. The third-order valence-corrected chi connectivity index (χ3v) is 3.22. The van der Waals surface area contributed by atoms with Crippen LogP contribution in [0.4, 0.5) is 5.82 Å². The first-order chi connectivity index (χ1) is 9.74. The van der Waals surface area contributed by atoms with Gasteiger partial charge < -0.3 is 4.90 Å². The molecule has 0 fully saturated rings. The van der Waals surface area contributed by atoms with E-state index in [1.54, 1.807) is 16.8 Å². The predicted octanol–water partition coefficient (Wildman–Crippen LogP) is 1.85. The number of fused-ring (bicyclic) bond motifs is 1. The normalized spacial score (nSPS) is 10.9. The zero-order valence-corrected chi connectivity index (χ0v) is 11.7. The van der Waals surface area contributed by atoms with Crippen LogP contribution in [0.25, 0.3) is 5.78 Å². The lowest BCUT2D eigenvalue weighted by molar-refractivity contribution is 0.803. The molecule has 0 unspecified atom stereocenters. The fourth-order valence-electron chi connectivity index (χ4n) is 1.98. The van der Waals surface area contributed by atoms with Crippen molar-refractivity contribution in [3.8, 4) is 0 Å². The number of likely N-dealkylation sites (N-methyl/N-ethyl adjacent to an activating group) is 1. The molecule has 20 heavy (non-hydrogen) atoms. The van der Waals surface area contributed by atoms with Crippen molar-refractivity contribution in [3.05, 3.63) is 47.6 Å². The fraction of sp³-hybridized carbons (Fsp3) is 0.231. The van der Waals surface area contributed by atoms with E-state index in [0.717, 1.165) is 24.5 Å². The number of anilines is 1. The maximum Gasteiger partial charge on any atom is 0.255 e. The third-order valence-electron chi connectivity index (χ3n) is 3.02. The van der Waals surface area contributed by atoms with Crippen LogP contribution >= 0.6 is 11.6 Å². The molecule has 0 aromatic carbocycles. The summed E-state index contributed by atoms with van der Waals surface area (Å²) < 4.78 is 1.67. The molecule has 0 N–H and O–H groups in total. The number of hydrogen-bond donors (Lipinski definition) is 0. The molecule has 102 valence electrons. The van der Waals surface area contributed by atoms with Gasteiger partial charge in [-0.05, 0) is 12.1 Å². The van der Waals surface area contributed by atoms with Crippen molar-refractivity contribution in [1.82, 2.24) is 24.6 Å². The summed E-state index contributed by atoms with van der Waals surface area (Å²) in [5, 5.41) is 4.57. The van der Waals surface area contributed by atoms with Crippen LogP contribution in [0.3, 0.4) is 0 Å². The number of nitrogens with zero attached hydrogens (tertiary/aromatic N) is 6. The molecular formula is C13H13ClN6. The molecule has 3 heterocycles. The molecule has 7 heteroatoms. The number of hydrogen-bond acceptors (Lipinski definition) is 5. The molecule has 0 saturated carbocycles. The molecule has 3 aromatic heterocycles. The lowest BCUT2D eigenvalue weighted by Gasteiger charge is -2.19. The standard InChI is InChI=1S/C13H13ClN6/c1-19(7-5-10-4-2-3-6-15-10)12-8-11(14)18-13-16-9-17-20(12)13/h2-4,6,8-9H,5,7H2,1H3. The van der Waals surface area contributed by atoms with Gasteiger partial charge in [-0.15, -0.1) is 0 Å². The number of aromatic nitrogens is 5. The molecule has 0 bridgehead atoms. The topological polar surface area (TPSA) is 59.2 Å². The Hall–Kier alpha value is -2.21. The Morgan fingerprint density at radius 3 is 3.00 bits per heavy atom. The van der Waals surface area contributed by atoms with Gasteiger partial charge in [0.1, 0.15) is 17.3 Å². The maximum atomic E-state index is 6.01. The molecule has 0 amide bonds. The highest BCUT2D eigenvalue weighted by atomic mass is 35.5. The summed E-state index contributed by atoms with van der Waals surface area (Å²) in [7, 11) is 1.98. The summed E-state index contributed by atoms with van der Waals surface area (Å²) in [4.78, 5) is 14.5. The highest BCUT2D eigenvalue weighted by molar-refractivity contribution is 6.29. The van der Waals surface area contributed by atoms with Crippen LogP contribution in [0.2, 0.25) is 5.15 Å². The minimum absolute atomic E-state index is 0.408. The smallest absolute Gasteiger partial charge is 0.255 e. The van der Waals surface area contributed by atoms with Crippen LogP contribution in [0, 0.1) is 0 Å². The van der Waals surface area contributed by atoms with Crippen molar-refractivity contribution in [2.24, 2.45) is 0 Å². The van der Waals surface area contributed by atoms with Crippen molar-refractivity contribution in [3.63, 3.8) is 0 Å². The Kier molecular flexibility index (Phi) is 3.47. The van der Waals surface area contributed by atoms with Crippen LogP contribution in [0.15, 0.2) is 36.8 Å². The van der Waals surface area contributed by atoms with Crippen molar-refractivity contribution >= 4 is 23.2 Å². The van der Waals surface area contributed by atoms with Gasteiger partial charge in [-0.3, -0.25) is 4.98 Å². The molecule has 0 saturated heterocycles. The highest BCUT2D eigenvalue weighted by Gasteiger charge is 2.10. The van der Waals surface area contributed by atoms with Crippen molar-refractivity contribution in [1.29, 1.82) is 0 Å². The first kappa shape index (κ1) is 12.8. The second-order valence-electron chi connectivity index (χ2n) is 4.40. The Morgan fingerprint density at radius 1 is 1.30 bits per heavy atom. The molecule has 0 aliphatic carbocycles. The van der Waals surface area contributed by atoms with E-state index >= 15 is 0 Å². The van der Waals surface area contributed by atoms with Gasteiger partial charge in [0.15, 0.2) is 0 Å². The van der Waals surface area contributed by atoms with Crippen molar-refractivity contribution < 1.29 is 0 Å². The molecule has 3 aromatic rings. The molecular weight excluding hydrogens is 276 g/mol. The second-order valence-corrected chi connectivity index (χ2v) is 4.79. The van der Waals surface area contributed by atoms with Gasteiger partial charge in [-0.2, -0.15) is 19.6 Å². The van der Waals surface area contributed by atoms with Crippen molar-refractivity contribution in [2.45, 2.75) is 6.42 Å². The maximum absolute atomic E-state index is 6.01. The van der Waals surface area contributed by atoms with Gasteiger partial charge in [0, 0.05) is 38.0 Å². The van der Waals surface area contributed by atoms with Gasteiger partial charge in [0.2, 0.25) is 0 Å². The third kappa shape index (κ3) is 2.55. The minimum Gasteiger partial charge on any atom is -0.359 e. The van der Waals surface area contributed by atoms with Gasteiger partial charge >= 0.3 is 0 Å². The second kappa shape index (κ2) is 5.42. The monoisotopic (exact) mass is 288 g/mol. The quantitative estimate of drug-likeness (QED) is 0.686. The van der Waals surface area contributed by atoms with E-state index < -0.39 is 0 Å². The van der Waals surface area contributed by atoms with E-state index in [2.05, 4.69) is 25.0 Å². The summed E-state index contributed by atoms with van der Waals surface area (Å²) in [6.45, 7) is 0.798. The predicted molar refractivity (Wildman–Crippen MR) is 77.0 cm³/mol. The van der Waals surface area contributed by atoms with Crippen LogP contribution in [-0.4, -0.2) is 38.2 Å². The van der Waals surface area contributed by atoms with E-state index in [0.29, 0.717) is 10.9 Å². The number of pyridine rings is 1. The summed E-state index contributed by atoms with van der Waals surface area (Å²) in [5.41, 5.74) is 1.05. The van der Waals surface area contributed by atoms with Crippen LogP contribution in [0.1, 0.15) is 5.69 Å². The Balaban J connectivity index is 1.82. The summed E-state index contributed by atoms with van der Waals surface area (Å²) in [5.74, 6) is 1.35. The van der Waals surface area contributed by atoms with E-state index in [4.69, 9.17) is 11.6 Å². The van der Waals surface area contributed by atoms with Gasteiger partial charge in [0.05, 0.1) is 0 Å². The van der Waals surface area contributed by atoms with Crippen LogP contribution in [-0.2, 0) is 6.42 Å². The molecule has 6 nitrogen and oxygen atoms in total. The van der Waals surface area contributed by atoms with E-state index in [9.17, 15) is 0 Å². The van der Waals surface area contributed by atoms with Crippen LogP contribution < -0.4 is 4.90 Å². The SMILES string of the molecule is CN(CCc1ccccn1)c1cc(Cl)nc2ncnn12. The average Bonchev–Trinajstić information content (AvgIpc) is 2.93. The molecule has 0 aliphatic rings. The lowest BCUT2D eigenvalue weighted by atomic mass is 10.2. The van der Waals surface area contributed by atoms with E-state index in [1.807, 2.05) is 25.2 Å². The zero-order chi connectivity index (χ0) is 13.9. The first-order valence-electron chi connectivity index (χ1n) is 6.21. The van der Waals surface area contributed by atoms with Gasteiger partial charge in [0.25, 0.3) is 5.78 Å². The van der Waals surface area contributed by atoms with Crippen LogP contribution in [0.5, 0.6) is 0 Å². The molecule has 0 radical (unpaired) electrons. The number of halogens is 1. The Bertz CT molecular complexity index is 711. The summed E-state index contributed by atoms with van der Waals surface area (Å²) in [6, 6.07) is 7.69. The van der Waals surface area contributed by atoms with E-state index in [1.165, 1.54) is 6.33 Å². The Labute approximate surface area is 121 Å². The molecule has 3 rings (SSSR count). The fourth-order valence-corrected chi connectivity index (χ4v) is 2.16.